The molecule has 3 nitrogen and oxygen atoms in total. The SMILES string of the molecule is O=C(Nc1ccc(S(F)(F)(F)(F)F)cc1)c1cccc(O)c1. The van der Waals surface area contributed by atoms with Crippen LogP contribution in [-0.2, 0) is 0 Å². The van der Waals surface area contributed by atoms with E-state index >= 15 is 0 Å². The highest BCUT2D eigenvalue weighted by Crippen LogP contribution is 3.02. The maximum Gasteiger partial charge on any atom is 0.310 e. The highest BCUT2D eigenvalue weighted by Gasteiger charge is 2.65. The summed E-state index contributed by atoms with van der Waals surface area (Å²) in [6.45, 7) is 0. The lowest BCUT2D eigenvalue weighted by molar-refractivity contribution is 0.102. The van der Waals surface area contributed by atoms with Crippen molar-refractivity contribution in [3.8, 4) is 5.75 Å². The fourth-order valence-electron chi connectivity index (χ4n) is 1.65. The van der Waals surface area contributed by atoms with E-state index in [0.29, 0.717) is 0 Å². The lowest BCUT2D eigenvalue weighted by atomic mass is 10.2. The van der Waals surface area contributed by atoms with E-state index in [1.165, 1.54) is 18.2 Å². The van der Waals surface area contributed by atoms with Gasteiger partial charge in [-0.15, -0.1) is 0 Å². The second kappa shape index (κ2) is 4.35. The van der Waals surface area contributed by atoms with E-state index in [4.69, 9.17) is 0 Å². The Labute approximate surface area is 122 Å². The molecule has 0 aliphatic carbocycles. The topological polar surface area (TPSA) is 49.3 Å². The number of aromatic hydroxyl groups is 1. The zero-order chi connectivity index (χ0) is 16.7. The predicted molar refractivity (Wildman–Crippen MR) is 73.9 cm³/mol. The molecule has 2 aromatic rings. The average Bonchev–Trinajstić information content (AvgIpc) is 2.36. The van der Waals surface area contributed by atoms with Crippen LogP contribution in [0.1, 0.15) is 10.4 Å². The molecule has 0 unspecified atom stereocenters. The first-order valence-electron chi connectivity index (χ1n) is 5.80. The number of rotatable bonds is 3. The molecule has 0 heterocycles. The number of halogens is 5. The Morgan fingerprint density at radius 3 is 2.05 bits per heavy atom. The van der Waals surface area contributed by atoms with E-state index in [2.05, 4.69) is 5.32 Å². The number of carbonyl (C=O) groups excluding carboxylic acids is 1. The summed E-state index contributed by atoms with van der Waals surface area (Å²) in [5.41, 5.74) is -0.0178. The molecule has 0 spiro atoms. The summed E-state index contributed by atoms with van der Waals surface area (Å²) in [6, 6.07) is 7.14. The fourth-order valence-corrected chi connectivity index (χ4v) is 2.30. The quantitative estimate of drug-likeness (QED) is 0.745. The minimum Gasteiger partial charge on any atom is -0.508 e. The predicted octanol–water partition coefficient (Wildman–Crippen LogP) is 5.30. The Balaban J connectivity index is 2.21. The van der Waals surface area contributed by atoms with Crippen LogP contribution in [0.15, 0.2) is 53.4 Å². The van der Waals surface area contributed by atoms with Crippen LogP contribution in [-0.4, -0.2) is 11.0 Å². The van der Waals surface area contributed by atoms with Gasteiger partial charge in [0.1, 0.15) is 10.6 Å². The van der Waals surface area contributed by atoms with Gasteiger partial charge in [-0.25, -0.2) is 0 Å². The van der Waals surface area contributed by atoms with Crippen molar-refractivity contribution < 1.29 is 29.3 Å². The number of nitrogens with one attached hydrogen (secondary N) is 1. The molecule has 0 bridgehead atoms. The van der Waals surface area contributed by atoms with Crippen molar-refractivity contribution in [3.05, 3.63) is 54.1 Å². The molecule has 2 rings (SSSR count). The monoisotopic (exact) mass is 339 g/mol. The molecular weight excluding hydrogens is 329 g/mol. The van der Waals surface area contributed by atoms with Gasteiger partial charge in [0.15, 0.2) is 0 Å². The molecule has 0 fully saturated rings. The van der Waals surface area contributed by atoms with Gasteiger partial charge < -0.3 is 10.4 Å². The first-order valence-corrected chi connectivity index (χ1v) is 7.75. The Morgan fingerprint density at radius 1 is 0.955 bits per heavy atom. The minimum absolute atomic E-state index is 0.0665. The number of phenolic OH excluding ortho intramolecular Hbond substituents is 1. The Bertz CT molecular complexity index is 728. The first kappa shape index (κ1) is 16.1. The van der Waals surface area contributed by atoms with Gasteiger partial charge >= 0.3 is 10.2 Å². The number of hydrogen-bond donors (Lipinski definition) is 2. The normalized spacial score (nSPS) is 14.8. The lowest BCUT2D eigenvalue weighted by Gasteiger charge is -2.40. The van der Waals surface area contributed by atoms with E-state index in [1.807, 2.05) is 0 Å². The van der Waals surface area contributed by atoms with Crippen LogP contribution in [0.25, 0.3) is 0 Å². The van der Waals surface area contributed by atoms with Gasteiger partial charge in [-0.1, -0.05) is 25.5 Å². The second-order valence-corrected chi connectivity index (χ2v) is 6.91. The maximum atomic E-state index is 12.5. The first-order chi connectivity index (χ1) is 9.85. The average molecular weight is 339 g/mol. The molecule has 2 N–H and O–H groups in total. The van der Waals surface area contributed by atoms with Crippen molar-refractivity contribution in [3.63, 3.8) is 0 Å². The Morgan fingerprint density at radius 2 is 1.55 bits per heavy atom. The molecule has 9 heteroatoms. The molecule has 0 saturated heterocycles. The zero-order valence-electron chi connectivity index (χ0n) is 10.8. The smallest absolute Gasteiger partial charge is 0.310 e. The van der Waals surface area contributed by atoms with Gasteiger partial charge in [-0.05, 0) is 42.5 Å². The van der Waals surface area contributed by atoms with Crippen molar-refractivity contribution in [1.29, 1.82) is 0 Å². The van der Waals surface area contributed by atoms with Gasteiger partial charge in [0, 0.05) is 11.3 Å². The summed E-state index contributed by atoms with van der Waals surface area (Å²) in [4.78, 5) is 9.76. The van der Waals surface area contributed by atoms with Crippen molar-refractivity contribution in [1.82, 2.24) is 0 Å². The third-order valence-corrected chi connectivity index (χ3v) is 3.83. The van der Waals surface area contributed by atoms with Crippen LogP contribution >= 0.6 is 10.2 Å². The maximum absolute atomic E-state index is 12.5. The molecule has 0 saturated carbocycles. The third-order valence-electron chi connectivity index (χ3n) is 2.67. The number of carbonyl (C=O) groups is 1. The number of benzene rings is 2. The van der Waals surface area contributed by atoms with Crippen LogP contribution in [0.4, 0.5) is 25.1 Å². The van der Waals surface area contributed by atoms with Gasteiger partial charge in [0.2, 0.25) is 0 Å². The highest BCUT2D eigenvalue weighted by atomic mass is 32.5. The number of hydrogen-bond acceptors (Lipinski definition) is 2. The molecule has 0 radical (unpaired) electrons. The zero-order valence-corrected chi connectivity index (χ0v) is 11.6. The summed E-state index contributed by atoms with van der Waals surface area (Å²) < 4.78 is 62.7. The molecule has 1 amide bonds. The third kappa shape index (κ3) is 3.88. The van der Waals surface area contributed by atoms with Gasteiger partial charge in [-0.3, -0.25) is 4.79 Å². The Kier molecular flexibility index (Phi) is 3.18. The van der Waals surface area contributed by atoms with Gasteiger partial charge in [-0.2, -0.15) is 0 Å². The minimum atomic E-state index is -9.72. The van der Waals surface area contributed by atoms with Crippen molar-refractivity contribution >= 4 is 21.8 Å². The molecule has 0 aromatic heterocycles. The standard InChI is InChI=1S/C13H10F5NO2S/c14-22(15,16,17,18)12-6-4-10(5-7-12)19-13(21)9-2-1-3-11(20)8-9/h1-8,20H,(H,19,21). The molecular formula is C13H10F5NO2S. The lowest BCUT2D eigenvalue weighted by Crippen LogP contribution is -2.12. The van der Waals surface area contributed by atoms with Crippen molar-refractivity contribution in [2.45, 2.75) is 4.90 Å². The number of anilines is 1. The summed E-state index contributed by atoms with van der Waals surface area (Å²) in [7, 11) is -9.72. The van der Waals surface area contributed by atoms with Crippen LogP contribution in [0.2, 0.25) is 0 Å². The van der Waals surface area contributed by atoms with Crippen LogP contribution in [0.3, 0.4) is 0 Å². The van der Waals surface area contributed by atoms with Crippen molar-refractivity contribution in [2.75, 3.05) is 5.32 Å². The van der Waals surface area contributed by atoms with Gasteiger partial charge in [0.25, 0.3) is 5.91 Å². The van der Waals surface area contributed by atoms with Crippen LogP contribution in [0, 0.1) is 0 Å². The highest BCUT2D eigenvalue weighted by molar-refractivity contribution is 8.45. The molecule has 22 heavy (non-hydrogen) atoms. The largest absolute Gasteiger partial charge is 0.508 e. The van der Waals surface area contributed by atoms with Crippen LogP contribution < -0.4 is 5.32 Å². The van der Waals surface area contributed by atoms with E-state index in [0.717, 1.165) is 18.2 Å². The molecule has 0 aliphatic heterocycles. The van der Waals surface area contributed by atoms with E-state index in [1.54, 1.807) is 0 Å². The molecule has 0 atom stereocenters. The van der Waals surface area contributed by atoms with Crippen LogP contribution in [0.5, 0.6) is 5.75 Å². The molecule has 120 valence electrons. The number of phenols is 1. The fraction of sp³-hybridized carbons (Fsp3) is 0. The summed E-state index contributed by atoms with van der Waals surface area (Å²) >= 11 is 0. The summed E-state index contributed by atoms with van der Waals surface area (Å²) in [5.74, 6) is -0.861. The molecule has 2 aromatic carbocycles. The van der Waals surface area contributed by atoms with E-state index in [-0.39, 0.29) is 29.1 Å². The van der Waals surface area contributed by atoms with Crippen molar-refractivity contribution in [2.24, 2.45) is 0 Å². The molecule has 0 aliphatic rings. The second-order valence-electron chi connectivity index (χ2n) is 4.50. The number of amides is 1. The Hall–Kier alpha value is -2.29. The summed E-state index contributed by atoms with van der Waals surface area (Å²) in [5, 5.41) is 11.5. The van der Waals surface area contributed by atoms with E-state index < -0.39 is 21.0 Å². The van der Waals surface area contributed by atoms with E-state index in [9.17, 15) is 29.3 Å². The van der Waals surface area contributed by atoms with Gasteiger partial charge in [0.05, 0.1) is 0 Å². The summed E-state index contributed by atoms with van der Waals surface area (Å²) in [6.07, 6.45) is 0.